The Morgan fingerprint density at radius 2 is 2.00 bits per heavy atom. The lowest BCUT2D eigenvalue weighted by Crippen LogP contribution is -2.10. The Labute approximate surface area is 142 Å². The second-order valence-corrected chi connectivity index (χ2v) is 6.75. The van der Waals surface area contributed by atoms with Crippen molar-refractivity contribution in [2.24, 2.45) is 0 Å². The number of thiophene rings is 1. The highest BCUT2D eigenvalue weighted by Gasteiger charge is 2.13. The van der Waals surface area contributed by atoms with Crippen molar-refractivity contribution in [2.75, 3.05) is 7.11 Å². The molecule has 0 radical (unpaired) electrons. The van der Waals surface area contributed by atoms with Crippen LogP contribution >= 0.6 is 22.9 Å². The molecule has 3 rings (SSSR count). The number of hydrogen-bond acceptors (Lipinski definition) is 4. The van der Waals surface area contributed by atoms with Crippen LogP contribution in [0, 0.1) is 13.8 Å². The molecule has 1 aromatic carbocycles. The van der Waals surface area contributed by atoms with Crippen LogP contribution in [0.15, 0.2) is 29.1 Å². The van der Waals surface area contributed by atoms with Gasteiger partial charge in [-0.1, -0.05) is 23.7 Å². The van der Waals surface area contributed by atoms with Crippen LogP contribution in [0.1, 0.15) is 21.8 Å². The first kappa shape index (κ1) is 15.8. The van der Waals surface area contributed by atoms with Crippen LogP contribution in [0.2, 0.25) is 0 Å². The van der Waals surface area contributed by atoms with E-state index >= 15 is 0 Å². The summed E-state index contributed by atoms with van der Waals surface area (Å²) in [7, 11) is 1.62. The second kappa shape index (κ2) is 6.18. The molecule has 3 aromatic rings. The highest BCUT2D eigenvalue weighted by molar-refractivity contribution is 7.18. The van der Waals surface area contributed by atoms with Crippen molar-refractivity contribution in [3.8, 4) is 5.75 Å². The van der Waals surface area contributed by atoms with Gasteiger partial charge in [0.1, 0.15) is 10.6 Å². The molecule has 6 heteroatoms. The van der Waals surface area contributed by atoms with E-state index in [9.17, 15) is 4.79 Å². The number of hydrogen-bond donors (Lipinski definition) is 1. The normalized spacial score (nSPS) is 11.9. The molecule has 0 fully saturated rings. The molecule has 0 unspecified atom stereocenters. The van der Waals surface area contributed by atoms with E-state index in [4.69, 9.17) is 16.3 Å². The van der Waals surface area contributed by atoms with Crippen LogP contribution in [0.4, 0.5) is 0 Å². The number of benzene rings is 1. The van der Waals surface area contributed by atoms with Crippen LogP contribution in [0.5, 0.6) is 5.75 Å². The zero-order valence-corrected chi connectivity index (χ0v) is 14.5. The fourth-order valence-corrected chi connectivity index (χ4v) is 3.53. The van der Waals surface area contributed by atoms with Gasteiger partial charge in [0.2, 0.25) is 0 Å². The van der Waals surface area contributed by atoms with Crippen LogP contribution in [-0.2, 0) is 0 Å². The van der Waals surface area contributed by atoms with E-state index in [0.717, 1.165) is 21.8 Å². The maximum Gasteiger partial charge on any atom is 0.260 e. The highest BCUT2D eigenvalue weighted by Crippen LogP contribution is 2.28. The molecule has 0 aliphatic carbocycles. The molecule has 2 heterocycles. The summed E-state index contributed by atoms with van der Waals surface area (Å²) in [6.07, 6.45) is 1.76. The maximum atomic E-state index is 12.3. The van der Waals surface area contributed by atoms with Crippen molar-refractivity contribution < 1.29 is 4.74 Å². The van der Waals surface area contributed by atoms with Crippen molar-refractivity contribution in [1.82, 2.24) is 9.97 Å². The number of H-pyrrole nitrogens is 1. The molecule has 0 bridgehead atoms. The smallest absolute Gasteiger partial charge is 0.260 e. The number of fused-ring (bicyclic) bond motifs is 1. The van der Waals surface area contributed by atoms with E-state index in [1.807, 2.05) is 38.1 Å². The molecule has 0 aliphatic rings. The van der Waals surface area contributed by atoms with E-state index in [2.05, 4.69) is 9.97 Å². The predicted molar refractivity (Wildman–Crippen MR) is 96.4 cm³/mol. The molecule has 0 spiro atoms. The number of aromatic amines is 1. The van der Waals surface area contributed by atoms with Gasteiger partial charge in [-0.05, 0) is 43.2 Å². The first-order valence-electron chi connectivity index (χ1n) is 7.01. The second-order valence-electron chi connectivity index (χ2n) is 5.14. The van der Waals surface area contributed by atoms with Gasteiger partial charge in [-0.3, -0.25) is 4.79 Å². The predicted octanol–water partition coefficient (Wildman–Crippen LogP) is 4.35. The molecule has 0 saturated carbocycles. The molecule has 1 N–H and O–H groups in total. The minimum absolute atomic E-state index is 0.159. The van der Waals surface area contributed by atoms with Gasteiger partial charge in [-0.2, -0.15) is 0 Å². The van der Waals surface area contributed by atoms with Crippen molar-refractivity contribution in [1.29, 1.82) is 0 Å². The Morgan fingerprint density at radius 1 is 1.30 bits per heavy atom. The zero-order chi connectivity index (χ0) is 16.6. The summed E-state index contributed by atoms with van der Waals surface area (Å²) in [4.78, 5) is 21.3. The Hall–Kier alpha value is -2.11. The Bertz CT molecular complexity index is 955. The number of nitrogens with zero attached hydrogens (tertiary/aromatic N) is 1. The van der Waals surface area contributed by atoms with Crippen LogP contribution in [-0.4, -0.2) is 17.1 Å². The molecule has 0 aliphatic heterocycles. The third-order valence-electron chi connectivity index (χ3n) is 3.67. The molecule has 4 nitrogen and oxygen atoms in total. The molecule has 0 amide bonds. The summed E-state index contributed by atoms with van der Waals surface area (Å²) in [6, 6.07) is 7.47. The van der Waals surface area contributed by atoms with Gasteiger partial charge < -0.3 is 9.72 Å². The molecule has 2 aromatic heterocycles. The first-order chi connectivity index (χ1) is 11.0. The summed E-state index contributed by atoms with van der Waals surface area (Å²) in [5, 5.41) is 1.03. The van der Waals surface area contributed by atoms with Crippen LogP contribution in [0.25, 0.3) is 21.3 Å². The van der Waals surface area contributed by atoms with E-state index in [-0.39, 0.29) is 5.56 Å². The Balaban J connectivity index is 2.04. The van der Waals surface area contributed by atoms with Gasteiger partial charge in [0.05, 0.1) is 17.5 Å². The monoisotopic (exact) mass is 346 g/mol. The summed E-state index contributed by atoms with van der Waals surface area (Å²) >= 11 is 7.84. The highest BCUT2D eigenvalue weighted by atomic mass is 35.5. The van der Waals surface area contributed by atoms with Crippen molar-refractivity contribution in [2.45, 2.75) is 13.8 Å². The summed E-state index contributed by atoms with van der Waals surface area (Å²) in [6.45, 7) is 3.91. The third-order valence-corrected chi connectivity index (χ3v) is 5.06. The molecular formula is C17H15ClN2O2S. The number of halogens is 1. The minimum Gasteiger partial charge on any atom is -0.497 e. The average Bonchev–Trinajstić information content (AvgIpc) is 2.83. The van der Waals surface area contributed by atoms with E-state index in [0.29, 0.717) is 21.1 Å². The van der Waals surface area contributed by atoms with Gasteiger partial charge in [0, 0.05) is 4.88 Å². The molecule has 0 atom stereocenters. The summed E-state index contributed by atoms with van der Waals surface area (Å²) in [5.74, 6) is 1.15. The van der Waals surface area contributed by atoms with Gasteiger partial charge in [0.15, 0.2) is 5.82 Å². The number of aryl methyl sites for hydroxylation is 2. The Morgan fingerprint density at radius 3 is 2.65 bits per heavy atom. The number of rotatable bonds is 3. The standard InChI is InChI=1S/C17H15ClN2O2S/c1-9-10(2)23-17-14(9)16(21)19-15(20-17)13(18)8-11-4-6-12(22-3)7-5-11/h4-8H,1-3H3,(H,19,20,21). The summed E-state index contributed by atoms with van der Waals surface area (Å²) < 4.78 is 5.12. The first-order valence-corrected chi connectivity index (χ1v) is 8.20. The van der Waals surface area contributed by atoms with Crippen LogP contribution < -0.4 is 10.3 Å². The SMILES string of the molecule is COc1ccc(C=C(Cl)c2nc3sc(C)c(C)c3c(=O)[nH]2)cc1. The number of ether oxygens (including phenoxy) is 1. The molecule has 118 valence electrons. The van der Waals surface area contributed by atoms with E-state index < -0.39 is 0 Å². The topological polar surface area (TPSA) is 55.0 Å². The maximum absolute atomic E-state index is 12.3. The lowest BCUT2D eigenvalue weighted by molar-refractivity contribution is 0.415. The van der Waals surface area contributed by atoms with Gasteiger partial charge in [0.25, 0.3) is 5.56 Å². The summed E-state index contributed by atoms with van der Waals surface area (Å²) in [5.41, 5.74) is 1.71. The number of methoxy groups -OCH3 is 1. The fourth-order valence-electron chi connectivity index (χ4n) is 2.28. The van der Waals surface area contributed by atoms with E-state index in [1.54, 1.807) is 13.2 Å². The molecule has 23 heavy (non-hydrogen) atoms. The van der Waals surface area contributed by atoms with E-state index in [1.165, 1.54) is 11.3 Å². The minimum atomic E-state index is -0.159. The van der Waals surface area contributed by atoms with Gasteiger partial charge in [-0.15, -0.1) is 11.3 Å². The van der Waals surface area contributed by atoms with Gasteiger partial charge in [-0.25, -0.2) is 4.98 Å². The number of nitrogens with one attached hydrogen (secondary N) is 1. The molecular weight excluding hydrogens is 332 g/mol. The van der Waals surface area contributed by atoms with Crippen molar-refractivity contribution in [3.05, 3.63) is 56.4 Å². The number of aromatic nitrogens is 2. The third kappa shape index (κ3) is 3.02. The average molecular weight is 347 g/mol. The Kier molecular flexibility index (Phi) is 4.24. The van der Waals surface area contributed by atoms with Gasteiger partial charge >= 0.3 is 0 Å². The lowest BCUT2D eigenvalue weighted by Gasteiger charge is -2.02. The fraction of sp³-hybridized carbons (Fsp3) is 0.176. The quantitative estimate of drug-likeness (QED) is 0.767. The van der Waals surface area contributed by atoms with Crippen LogP contribution in [0.3, 0.4) is 0 Å². The zero-order valence-electron chi connectivity index (χ0n) is 12.9. The largest absolute Gasteiger partial charge is 0.497 e. The van der Waals surface area contributed by atoms with Crippen molar-refractivity contribution >= 4 is 44.3 Å². The van der Waals surface area contributed by atoms with Crippen molar-refractivity contribution in [3.63, 3.8) is 0 Å². The molecule has 0 saturated heterocycles. The lowest BCUT2D eigenvalue weighted by atomic mass is 10.2.